The molecule has 3 nitrogen and oxygen atoms in total. The number of rotatable bonds is 4. The Labute approximate surface area is 122 Å². The highest BCUT2D eigenvalue weighted by atomic mass is 35.5. The van der Waals surface area contributed by atoms with Crippen molar-refractivity contribution in [3.8, 4) is 5.75 Å². The molecule has 1 aromatic rings. The van der Waals surface area contributed by atoms with Crippen LogP contribution in [0.1, 0.15) is 30.9 Å². The highest BCUT2D eigenvalue weighted by Crippen LogP contribution is 2.46. The van der Waals surface area contributed by atoms with E-state index in [2.05, 4.69) is 5.32 Å². The molecule has 1 atom stereocenters. The highest BCUT2D eigenvalue weighted by Gasteiger charge is 2.42. The summed E-state index contributed by atoms with van der Waals surface area (Å²) in [7, 11) is 0. The van der Waals surface area contributed by atoms with Crippen LogP contribution in [-0.4, -0.2) is 24.9 Å². The summed E-state index contributed by atoms with van der Waals surface area (Å²) in [5.41, 5.74) is 1.12. The van der Waals surface area contributed by atoms with Crippen LogP contribution in [0.2, 0.25) is 10.0 Å². The fourth-order valence-electron chi connectivity index (χ4n) is 2.55. The maximum absolute atomic E-state index is 9.36. The first-order valence-electron chi connectivity index (χ1n) is 6.60. The smallest absolute Gasteiger partial charge is 0.142 e. The average Bonchev–Trinajstić information content (AvgIpc) is 3.17. The molecule has 1 heterocycles. The number of aliphatic hydroxyl groups is 1. The molecule has 1 aliphatic carbocycles. The Bertz CT molecular complexity index is 489. The first-order chi connectivity index (χ1) is 9.13. The van der Waals surface area contributed by atoms with Crippen LogP contribution in [0.15, 0.2) is 12.1 Å². The first-order valence-corrected chi connectivity index (χ1v) is 7.35. The van der Waals surface area contributed by atoms with Crippen molar-refractivity contribution >= 4 is 23.2 Å². The molecule has 3 rings (SSSR count). The van der Waals surface area contributed by atoms with Gasteiger partial charge in [-0.3, -0.25) is 0 Å². The van der Waals surface area contributed by atoms with Gasteiger partial charge in [-0.05, 0) is 25.0 Å². The van der Waals surface area contributed by atoms with E-state index in [1.165, 1.54) is 0 Å². The van der Waals surface area contributed by atoms with E-state index in [1.54, 1.807) is 6.07 Å². The summed E-state index contributed by atoms with van der Waals surface area (Å²) < 4.78 is 5.63. The van der Waals surface area contributed by atoms with Gasteiger partial charge in [0.05, 0.1) is 11.6 Å². The second-order valence-corrected chi connectivity index (χ2v) is 6.38. The lowest BCUT2D eigenvalue weighted by atomic mass is 9.99. The lowest BCUT2D eigenvalue weighted by Gasteiger charge is -2.29. The molecule has 0 spiro atoms. The number of hydrogen-bond acceptors (Lipinski definition) is 3. The summed E-state index contributed by atoms with van der Waals surface area (Å²) in [6, 6.07) is 3.82. The Morgan fingerprint density at radius 2 is 2.16 bits per heavy atom. The van der Waals surface area contributed by atoms with E-state index in [0.717, 1.165) is 37.1 Å². The van der Waals surface area contributed by atoms with Crippen LogP contribution >= 0.6 is 23.2 Å². The zero-order valence-corrected chi connectivity index (χ0v) is 12.1. The largest absolute Gasteiger partial charge is 0.492 e. The van der Waals surface area contributed by atoms with Crippen molar-refractivity contribution in [3.05, 3.63) is 27.7 Å². The topological polar surface area (TPSA) is 41.5 Å². The SMILES string of the molecule is OCC1(CNC2CCOc3c(Cl)cc(Cl)cc32)CC1. The van der Waals surface area contributed by atoms with Gasteiger partial charge in [0.25, 0.3) is 0 Å². The van der Waals surface area contributed by atoms with Crippen molar-refractivity contribution in [1.29, 1.82) is 0 Å². The first kappa shape index (κ1) is 13.5. The van der Waals surface area contributed by atoms with Crippen molar-refractivity contribution in [2.75, 3.05) is 19.8 Å². The second-order valence-electron chi connectivity index (χ2n) is 5.53. The minimum Gasteiger partial charge on any atom is -0.492 e. The summed E-state index contributed by atoms with van der Waals surface area (Å²) in [6.07, 6.45) is 3.09. The highest BCUT2D eigenvalue weighted by molar-refractivity contribution is 6.35. The van der Waals surface area contributed by atoms with Gasteiger partial charge in [-0.1, -0.05) is 23.2 Å². The van der Waals surface area contributed by atoms with Crippen LogP contribution in [0.3, 0.4) is 0 Å². The maximum atomic E-state index is 9.36. The summed E-state index contributed by atoms with van der Waals surface area (Å²) in [4.78, 5) is 0. The zero-order chi connectivity index (χ0) is 13.5. The zero-order valence-electron chi connectivity index (χ0n) is 10.6. The standard InChI is InChI=1S/C14H17Cl2NO2/c15-9-5-10-12(17-7-14(8-18)2-3-14)1-4-19-13(10)11(16)6-9/h5-6,12,17-18H,1-4,7-8H2. The van der Waals surface area contributed by atoms with Crippen LogP contribution in [0.25, 0.3) is 0 Å². The Morgan fingerprint density at radius 3 is 2.84 bits per heavy atom. The van der Waals surface area contributed by atoms with Crippen LogP contribution in [-0.2, 0) is 0 Å². The Balaban J connectivity index is 1.78. The van der Waals surface area contributed by atoms with E-state index in [1.807, 2.05) is 6.07 Å². The van der Waals surface area contributed by atoms with Crippen LogP contribution < -0.4 is 10.1 Å². The van der Waals surface area contributed by atoms with E-state index in [9.17, 15) is 5.11 Å². The molecule has 1 fully saturated rings. The molecular weight excluding hydrogens is 285 g/mol. The third-order valence-corrected chi connectivity index (χ3v) is 4.58. The Kier molecular flexibility index (Phi) is 3.65. The van der Waals surface area contributed by atoms with Crippen LogP contribution in [0.4, 0.5) is 0 Å². The monoisotopic (exact) mass is 301 g/mol. The maximum Gasteiger partial charge on any atom is 0.142 e. The minimum atomic E-state index is 0.0981. The number of benzene rings is 1. The molecule has 1 aliphatic heterocycles. The summed E-state index contributed by atoms with van der Waals surface area (Å²) in [6.45, 7) is 1.74. The van der Waals surface area contributed by atoms with Crippen molar-refractivity contribution in [1.82, 2.24) is 5.32 Å². The molecule has 1 aromatic carbocycles. The van der Waals surface area contributed by atoms with Crippen molar-refractivity contribution < 1.29 is 9.84 Å². The van der Waals surface area contributed by atoms with E-state index < -0.39 is 0 Å². The molecule has 1 saturated carbocycles. The van der Waals surface area contributed by atoms with E-state index in [0.29, 0.717) is 16.7 Å². The molecule has 19 heavy (non-hydrogen) atoms. The van der Waals surface area contributed by atoms with Crippen LogP contribution in [0.5, 0.6) is 5.75 Å². The molecule has 5 heteroatoms. The van der Waals surface area contributed by atoms with E-state index >= 15 is 0 Å². The lowest BCUT2D eigenvalue weighted by molar-refractivity contribution is 0.194. The molecule has 2 aliphatic rings. The molecule has 104 valence electrons. The molecule has 0 bridgehead atoms. The second kappa shape index (κ2) is 5.13. The number of hydrogen-bond donors (Lipinski definition) is 2. The van der Waals surface area contributed by atoms with Gasteiger partial charge in [0.2, 0.25) is 0 Å². The molecule has 0 radical (unpaired) electrons. The molecule has 0 saturated heterocycles. The van der Waals surface area contributed by atoms with Gasteiger partial charge in [-0.2, -0.15) is 0 Å². The predicted molar refractivity (Wildman–Crippen MR) is 76.1 cm³/mol. The van der Waals surface area contributed by atoms with Gasteiger partial charge in [-0.25, -0.2) is 0 Å². The van der Waals surface area contributed by atoms with E-state index in [-0.39, 0.29) is 18.1 Å². The molecular formula is C14H17Cl2NO2. The fourth-order valence-corrected chi connectivity index (χ4v) is 3.11. The predicted octanol–water partition coefficient (Wildman–Crippen LogP) is 3.18. The normalized spacial score (nSPS) is 23.6. The van der Waals surface area contributed by atoms with Gasteiger partial charge in [0.15, 0.2) is 0 Å². The molecule has 2 N–H and O–H groups in total. The summed E-state index contributed by atoms with van der Waals surface area (Å²) >= 11 is 12.2. The van der Waals surface area contributed by atoms with E-state index in [4.69, 9.17) is 27.9 Å². The number of fused-ring (bicyclic) bond motifs is 1. The third-order valence-electron chi connectivity index (χ3n) is 4.08. The summed E-state index contributed by atoms with van der Waals surface area (Å²) in [5, 5.41) is 14.1. The van der Waals surface area contributed by atoms with Gasteiger partial charge >= 0.3 is 0 Å². The van der Waals surface area contributed by atoms with Gasteiger partial charge in [0.1, 0.15) is 5.75 Å². The van der Waals surface area contributed by atoms with Crippen LogP contribution in [0, 0.1) is 5.41 Å². The van der Waals surface area contributed by atoms with Gasteiger partial charge in [-0.15, -0.1) is 0 Å². The quantitative estimate of drug-likeness (QED) is 0.897. The fraction of sp³-hybridized carbons (Fsp3) is 0.571. The number of halogens is 2. The van der Waals surface area contributed by atoms with Crippen molar-refractivity contribution in [2.24, 2.45) is 5.41 Å². The summed E-state index contributed by atoms with van der Waals surface area (Å²) in [5.74, 6) is 0.740. The van der Waals surface area contributed by atoms with Crippen molar-refractivity contribution in [2.45, 2.75) is 25.3 Å². The third kappa shape index (κ3) is 2.70. The minimum absolute atomic E-state index is 0.0981. The number of ether oxygens (including phenoxy) is 1. The Hall–Kier alpha value is -0.480. The molecule has 0 amide bonds. The number of nitrogens with one attached hydrogen (secondary N) is 1. The van der Waals surface area contributed by atoms with Gasteiger partial charge in [0, 0.05) is 41.6 Å². The molecule has 0 aromatic heterocycles. The molecule has 1 unspecified atom stereocenters. The Morgan fingerprint density at radius 1 is 1.37 bits per heavy atom. The lowest BCUT2D eigenvalue weighted by Crippen LogP contribution is -2.33. The average molecular weight is 302 g/mol. The van der Waals surface area contributed by atoms with Crippen molar-refractivity contribution in [3.63, 3.8) is 0 Å². The number of aliphatic hydroxyl groups excluding tert-OH is 1. The van der Waals surface area contributed by atoms with Gasteiger partial charge < -0.3 is 15.2 Å².